The molecule has 2 atom stereocenters. The van der Waals surface area contributed by atoms with Gasteiger partial charge in [-0.2, -0.15) is 13.2 Å². The predicted molar refractivity (Wildman–Crippen MR) is 128 cm³/mol. The lowest BCUT2D eigenvalue weighted by Gasteiger charge is -2.32. The zero-order valence-electron chi connectivity index (χ0n) is 18.6. The second-order valence-electron chi connectivity index (χ2n) is 8.44. The first-order chi connectivity index (χ1) is 16.4. The number of amides is 2. The molecular weight excluding hydrogens is 551 g/mol. The monoisotopic (exact) mass is 575 g/mol. The van der Waals surface area contributed by atoms with Gasteiger partial charge in [-0.05, 0) is 61.2 Å². The lowest BCUT2D eigenvalue weighted by atomic mass is 9.86. The zero-order chi connectivity index (χ0) is 25.8. The smallest absolute Gasteiger partial charge is 0.398 e. The molecule has 1 aliphatic rings. The Morgan fingerprint density at radius 1 is 1.06 bits per heavy atom. The third-order valence-electron chi connectivity index (χ3n) is 5.90. The Kier molecular flexibility index (Phi) is 8.47. The fourth-order valence-electron chi connectivity index (χ4n) is 4.06. The number of rotatable bonds is 7. The fraction of sp³-hybridized carbons (Fsp3) is 0.391. The summed E-state index contributed by atoms with van der Waals surface area (Å²) in [5.41, 5.74) is 4.07. The first-order valence-electron chi connectivity index (χ1n) is 10.9. The average Bonchev–Trinajstić information content (AvgIpc) is 2.78. The SMILES string of the molecule is Nc1ccc(C(F)(F)F)cc1C(=O)NCC(=O)N[C@H]1CCCC[C@H]1CS(=O)(=O)c1ccc(Br)cc1. The van der Waals surface area contributed by atoms with Crippen LogP contribution in [0.2, 0.25) is 0 Å². The van der Waals surface area contributed by atoms with E-state index in [2.05, 4.69) is 26.6 Å². The predicted octanol–water partition coefficient (Wildman–Crippen LogP) is 3.93. The molecule has 3 rings (SSSR count). The number of hydrogen-bond acceptors (Lipinski definition) is 5. The van der Waals surface area contributed by atoms with Gasteiger partial charge in [0, 0.05) is 16.2 Å². The highest BCUT2D eigenvalue weighted by Crippen LogP contribution is 2.31. The maximum absolute atomic E-state index is 12.9. The van der Waals surface area contributed by atoms with Crippen LogP contribution in [-0.4, -0.2) is 38.6 Å². The molecule has 0 aliphatic heterocycles. The molecule has 1 aliphatic carbocycles. The topological polar surface area (TPSA) is 118 Å². The van der Waals surface area contributed by atoms with Crippen LogP contribution in [0.4, 0.5) is 18.9 Å². The van der Waals surface area contributed by atoms with E-state index >= 15 is 0 Å². The summed E-state index contributed by atoms with van der Waals surface area (Å²) < 4.78 is 65.3. The highest BCUT2D eigenvalue weighted by atomic mass is 79.9. The molecule has 0 aromatic heterocycles. The Labute approximate surface area is 209 Å². The van der Waals surface area contributed by atoms with Crippen molar-refractivity contribution < 1.29 is 31.2 Å². The van der Waals surface area contributed by atoms with Gasteiger partial charge in [-0.3, -0.25) is 9.59 Å². The molecule has 1 fully saturated rings. The molecule has 190 valence electrons. The van der Waals surface area contributed by atoms with Gasteiger partial charge < -0.3 is 16.4 Å². The van der Waals surface area contributed by atoms with E-state index in [9.17, 15) is 31.2 Å². The van der Waals surface area contributed by atoms with Crippen molar-refractivity contribution in [2.24, 2.45) is 5.92 Å². The standard InChI is InChI=1S/C23H25BrF3N3O4S/c24-16-6-8-17(9-7-16)35(33,34)13-14-3-1-2-4-20(14)30-21(31)12-29-22(32)18-11-15(23(25,26)27)5-10-19(18)28/h5-11,14,20H,1-4,12-13,28H2,(H,29,32)(H,30,31)/t14-,20-/m0/s1. The molecule has 0 unspecified atom stereocenters. The third kappa shape index (κ3) is 7.20. The second kappa shape index (κ2) is 11.0. The van der Waals surface area contributed by atoms with Crippen molar-refractivity contribution in [3.05, 3.63) is 58.1 Å². The molecule has 12 heteroatoms. The molecular formula is C23H25BrF3N3O4S. The zero-order valence-corrected chi connectivity index (χ0v) is 21.0. The summed E-state index contributed by atoms with van der Waals surface area (Å²) in [6, 6.07) is 8.31. The second-order valence-corrected chi connectivity index (χ2v) is 11.4. The van der Waals surface area contributed by atoms with Gasteiger partial charge in [-0.1, -0.05) is 28.8 Å². The van der Waals surface area contributed by atoms with E-state index in [1.165, 1.54) is 12.1 Å². The molecule has 35 heavy (non-hydrogen) atoms. The number of anilines is 1. The van der Waals surface area contributed by atoms with Gasteiger partial charge in [-0.15, -0.1) is 0 Å². The number of nitrogens with one attached hydrogen (secondary N) is 2. The lowest BCUT2D eigenvalue weighted by molar-refractivity contribution is -0.137. The molecule has 1 saturated carbocycles. The fourth-order valence-corrected chi connectivity index (χ4v) is 6.03. The summed E-state index contributed by atoms with van der Waals surface area (Å²) in [6.45, 7) is -0.489. The summed E-state index contributed by atoms with van der Waals surface area (Å²) in [5, 5.41) is 5.05. The number of carbonyl (C=O) groups excluding carboxylic acids is 2. The quantitative estimate of drug-likeness (QED) is 0.432. The Morgan fingerprint density at radius 3 is 2.37 bits per heavy atom. The van der Waals surface area contributed by atoms with E-state index in [1.54, 1.807) is 12.1 Å². The van der Waals surface area contributed by atoms with E-state index in [4.69, 9.17) is 5.73 Å². The van der Waals surface area contributed by atoms with Crippen LogP contribution in [0, 0.1) is 5.92 Å². The summed E-state index contributed by atoms with van der Waals surface area (Å²) >= 11 is 3.27. The number of carbonyl (C=O) groups is 2. The minimum Gasteiger partial charge on any atom is -0.398 e. The Balaban J connectivity index is 1.61. The van der Waals surface area contributed by atoms with Crippen LogP contribution in [0.5, 0.6) is 0 Å². The van der Waals surface area contributed by atoms with Crippen LogP contribution >= 0.6 is 15.9 Å². The number of benzene rings is 2. The van der Waals surface area contributed by atoms with Crippen molar-refractivity contribution >= 4 is 43.3 Å². The minimum absolute atomic E-state index is 0.132. The molecule has 4 N–H and O–H groups in total. The molecule has 2 aromatic rings. The summed E-state index contributed by atoms with van der Waals surface area (Å²) in [7, 11) is -3.58. The molecule has 0 spiro atoms. The molecule has 0 radical (unpaired) electrons. The molecule has 0 saturated heterocycles. The largest absolute Gasteiger partial charge is 0.416 e. The Morgan fingerprint density at radius 2 is 1.71 bits per heavy atom. The molecule has 7 nitrogen and oxygen atoms in total. The van der Waals surface area contributed by atoms with E-state index in [0.717, 1.165) is 29.4 Å². The van der Waals surface area contributed by atoms with Crippen LogP contribution < -0.4 is 16.4 Å². The maximum Gasteiger partial charge on any atom is 0.416 e. The van der Waals surface area contributed by atoms with E-state index < -0.39 is 46.0 Å². The van der Waals surface area contributed by atoms with Gasteiger partial charge in [0.05, 0.1) is 28.3 Å². The van der Waals surface area contributed by atoms with Gasteiger partial charge in [-0.25, -0.2) is 8.42 Å². The number of alkyl halides is 3. The van der Waals surface area contributed by atoms with E-state index in [1.807, 2.05) is 0 Å². The molecule has 0 heterocycles. The summed E-state index contributed by atoms with van der Waals surface area (Å²) in [5.74, 6) is -1.92. The molecule has 2 amide bonds. The Hall–Kier alpha value is -2.60. The van der Waals surface area contributed by atoms with Crippen LogP contribution in [0.15, 0.2) is 51.8 Å². The average molecular weight is 576 g/mol. The summed E-state index contributed by atoms with van der Waals surface area (Å²) in [6.07, 6.45) is -1.80. The van der Waals surface area contributed by atoms with Gasteiger partial charge in [0.15, 0.2) is 9.84 Å². The summed E-state index contributed by atoms with van der Waals surface area (Å²) in [4.78, 5) is 25.0. The van der Waals surface area contributed by atoms with Crippen molar-refractivity contribution in [3.63, 3.8) is 0 Å². The van der Waals surface area contributed by atoms with E-state index in [-0.39, 0.29) is 27.8 Å². The highest BCUT2D eigenvalue weighted by molar-refractivity contribution is 9.10. The van der Waals surface area contributed by atoms with Crippen molar-refractivity contribution in [1.82, 2.24) is 10.6 Å². The third-order valence-corrected chi connectivity index (χ3v) is 8.28. The molecule has 0 bridgehead atoms. The normalized spacial score (nSPS) is 18.6. The number of nitrogens with two attached hydrogens (primary N) is 1. The first-order valence-corrected chi connectivity index (χ1v) is 13.3. The van der Waals surface area contributed by atoms with Crippen molar-refractivity contribution in [2.75, 3.05) is 18.0 Å². The van der Waals surface area contributed by atoms with Crippen LogP contribution in [-0.2, 0) is 20.8 Å². The highest BCUT2D eigenvalue weighted by Gasteiger charge is 2.33. The minimum atomic E-state index is -4.65. The van der Waals surface area contributed by atoms with Gasteiger partial charge in [0.25, 0.3) is 5.91 Å². The van der Waals surface area contributed by atoms with Crippen LogP contribution in [0.25, 0.3) is 0 Å². The lowest BCUT2D eigenvalue weighted by Crippen LogP contribution is -2.47. The van der Waals surface area contributed by atoms with Crippen molar-refractivity contribution in [3.8, 4) is 0 Å². The number of sulfone groups is 1. The Bertz CT molecular complexity index is 1190. The number of nitrogen functional groups attached to an aromatic ring is 1. The molecule has 2 aromatic carbocycles. The maximum atomic E-state index is 12.9. The van der Waals surface area contributed by atoms with Gasteiger partial charge >= 0.3 is 6.18 Å². The van der Waals surface area contributed by atoms with Crippen LogP contribution in [0.3, 0.4) is 0 Å². The van der Waals surface area contributed by atoms with Gasteiger partial charge in [0.2, 0.25) is 5.91 Å². The van der Waals surface area contributed by atoms with Gasteiger partial charge in [0.1, 0.15) is 0 Å². The van der Waals surface area contributed by atoms with Crippen molar-refractivity contribution in [2.45, 2.75) is 42.8 Å². The first kappa shape index (κ1) is 27.0. The van der Waals surface area contributed by atoms with Crippen molar-refractivity contribution in [1.29, 1.82) is 0 Å². The van der Waals surface area contributed by atoms with Crippen LogP contribution in [0.1, 0.15) is 41.6 Å². The number of hydrogen-bond donors (Lipinski definition) is 3. The van der Waals surface area contributed by atoms with E-state index in [0.29, 0.717) is 18.9 Å². The number of halogens is 4.